The van der Waals surface area contributed by atoms with E-state index in [2.05, 4.69) is 0 Å². The van der Waals surface area contributed by atoms with E-state index in [-0.39, 0.29) is 18.3 Å². The van der Waals surface area contributed by atoms with Gasteiger partial charge < -0.3 is 10.5 Å². The van der Waals surface area contributed by atoms with E-state index in [1.54, 1.807) is 18.2 Å². The van der Waals surface area contributed by atoms with Crippen molar-refractivity contribution in [2.75, 3.05) is 6.61 Å². The highest BCUT2D eigenvalue weighted by Gasteiger charge is 2.08. The molecule has 86 valence electrons. The zero-order valence-corrected chi connectivity index (χ0v) is 9.40. The molecular weight excluding hydrogens is 206 g/mol. The zero-order valence-electron chi connectivity index (χ0n) is 9.40. The van der Waals surface area contributed by atoms with Gasteiger partial charge in [-0.15, -0.1) is 0 Å². The third-order valence-corrected chi connectivity index (χ3v) is 2.14. The van der Waals surface area contributed by atoms with E-state index < -0.39 is 5.91 Å². The minimum Gasteiger partial charge on any atom is -0.486 e. The first-order chi connectivity index (χ1) is 7.50. The summed E-state index contributed by atoms with van der Waals surface area (Å²) in [5.41, 5.74) is 5.50. The van der Waals surface area contributed by atoms with Crippen molar-refractivity contribution < 1.29 is 14.3 Å². The maximum absolute atomic E-state index is 11.3. The average molecular weight is 221 g/mol. The van der Waals surface area contributed by atoms with Crippen LogP contribution in [0.4, 0.5) is 0 Å². The maximum Gasteiger partial charge on any atom is 0.248 e. The molecule has 0 saturated heterocycles. The zero-order chi connectivity index (χ0) is 12.1. The number of carbonyl (C=O) groups is 2. The van der Waals surface area contributed by atoms with Crippen molar-refractivity contribution in [1.82, 2.24) is 0 Å². The van der Waals surface area contributed by atoms with Crippen molar-refractivity contribution >= 4 is 11.7 Å². The van der Waals surface area contributed by atoms with Gasteiger partial charge in [0, 0.05) is 11.5 Å². The normalized spacial score (nSPS) is 10.2. The Morgan fingerprint density at radius 3 is 2.62 bits per heavy atom. The molecule has 0 radical (unpaired) electrons. The second-order valence-electron chi connectivity index (χ2n) is 3.80. The Morgan fingerprint density at radius 1 is 1.38 bits per heavy atom. The van der Waals surface area contributed by atoms with E-state index in [0.29, 0.717) is 11.3 Å². The van der Waals surface area contributed by atoms with Gasteiger partial charge in [0.15, 0.2) is 5.78 Å². The number of hydrogen-bond acceptors (Lipinski definition) is 3. The first kappa shape index (κ1) is 12.2. The van der Waals surface area contributed by atoms with Gasteiger partial charge in [0.25, 0.3) is 0 Å². The van der Waals surface area contributed by atoms with Gasteiger partial charge in [-0.2, -0.15) is 0 Å². The van der Waals surface area contributed by atoms with Crippen molar-refractivity contribution in [3.8, 4) is 5.75 Å². The molecule has 0 saturated carbocycles. The van der Waals surface area contributed by atoms with Crippen molar-refractivity contribution in [1.29, 1.82) is 0 Å². The molecular formula is C12H15NO3. The van der Waals surface area contributed by atoms with E-state index in [1.165, 1.54) is 6.07 Å². The summed E-state index contributed by atoms with van der Waals surface area (Å²) in [6.07, 6.45) is 0. The van der Waals surface area contributed by atoms with Crippen LogP contribution in [0.2, 0.25) is 0 Å². The number of nitrogens with two attached hydrogens (primary N) is 1. The predicted molar refractivity (Wildman–Crippen MR) is 60.3 cm³/mol. The largest absolute Gasteiger partial charge is 0.486 e. The topological polar surface area (TPSA) is 69.4 Å². The summed E-state index contributed by atoms with van der Waals surface area (Å²) < 4.78 is 5.26. The lowest BCUT2D eigenvalue weighted by Gasteiger charge is -2.07. The summed E-state index contributed by atoms with van der Waals surface area (Å²) in [6.45, 7) is 3.64. The van der Waals surface area contributed by atoms with Crippen LogP contribution in [0.25, 0.3) is 0 Å². The van der Waals surface area contributed by atoms with Crippen LogP contribution < -0.4 is 10.5 Å². The van der Waals surface area contributed by atoms with Crippen molar-refractivity contribution in [3.05, 3.63) is 29.8 Å². The van der Waals surface area contributed by atoms with Crippen molar-refractivity contribution in [2.24, 2.45) is 11.7 Å². The van der Waals surface area contributed by atoms with Crippen LogP contribution in [0.3, 0.4) is 0 Å². The highest BCUT2D eigenvalue weighted by Crippen LogP contribution is 2.13. The molecule has 0 aliphatic rings. The smallest absolute Gasteiger partial charge is 0.248 e. The maximum atomic E-state index is 11.3. The molecule has 0 aromatic heterocycles. The summed E-state index contributed by atoms with van der Waals surface area (Å²) in [7, 11) is 0. The highest BCUT2D eigenvalue weighted by atomic mass is 16.5. The highest BCUT2D eigenvalue weighted by molar-refractivity contribution is 5.93. The lowest BCUT2D eigenvalue weighted by molar-refractivity contribution is -0.123. The lowest BCUT2D eigenvalue weighted by atomic mass is 10.1. The lowest BCUT2D eigenvalue weighted by Crippen LogP contribution is -2.17. The van der Waals surface area contributed by atoms with Gasteiger partial charge >= 0.3 is 0 Å². The molecule has 0 atom stereocenters. The Labute approximate surface area is 94.4 Å². The van der Waals surface area contributed by atoms with Gasteiger partial charge in [-0.1, -0.05) is 19.9 Å². The van der Waals surface area contributed by atoms with Crippen LogP contribution in [0.1, 0.15) is 24.2 Å². The molecule has 0 heterocycles. The number of ether oxygens (including phenoxy) is 1. The van der Waals surface area contributed by atoms with Crippen LogP contribution in [0, 0.1) is 5.92 Å². The number of amides is 1. The molecule has 0 unspecified atom stereocenters. The summed E-state index contributed by atoms with van der Waals surface area (Å²) in [6, 6.07) is 6.46. The molecule has 0 aliphatic carbocycles. The second-order valence-corrected chi connectivity index (χ2v) is 3.80. The monoisotopic (exact) mass is 221 g/mol. The van der Waals surface area contributed by atoms with Gasteiger partial charge in [-0.05, 0) is 18.2 Å². The van der Waals surface area contributed by atoms with E-state index in [0.717, 1.165) is 0 Å². The molecule has 2 N–H and O–H groups in total. The Bertz CT molecular complexity index is 399. The van der Waals surface area contributed by atoms with E-state index in [9.17, 15) is 9.59 Å². The Hall–Kier alpha value is -1.84. The number of rotatable bonds is 5. The summed E-state index contributed by atoms with van der Waals surface area (Å²) in [4.78, 5) is 22.2. The molecule has 1 aromatic carbocycles. The number of ketones is 1. The molecule has 16 heavy (non-hydrogen) atoms. The van der Waals surface area contributed by atoms with Crippen LogP contribution in [0.15, 0.2) is 24.3 Å². The quantitative estimate of drug-likeness (QED) is 0.816. The fraction of sp³-hybridized carbons (Fsp3) is 0.333. The minimum absolute atomic E-state index is 0.0138. The Balaban J connectivity index is 2.64. The summed E-state index contributed by atoms with van der Waals surface area (Å²) >= 11 is 0. The third kappa shape index (κ3) is 3.38. The molecule has 4 nitrogen and oxygen atoms in total. The third-order valence-electron chi connectivity index (χ3n) is 2.14. The van der Waals surface area contributed by atoms with Gasteiger partial charge in [0.2, 0.25) is 5.91 Å². The molecule has 0 aliphatic heterocycles. The number of benzene rings is 1. The SMILES string of the molecule is CC(C)C(=O)COc1cccc(C(N)=O)c1. The minimum atomic E-state index is -0.513. The molecule has 1 amide bonds. The molecule has 0 fully saturated rings. The van der Waals surface area contributed by atoms with Crippen LogP contribution in [0.5, 0.6) is 5.75 Å². The fourth-order valence-corrected chi connectivity index (χ4v) is 1.06. The molecule has 0 spiro atoms. The van der Waals surface area contributed by atoms with Crippen molar-refractivity contribution in [3.63, 3.8) is 0 Å². The van der Waals surface area contributed by atoms with E-state index in [4.69, 9.17) is 10.5 Å². The number of carbonyl (C=O) groups excluding carboxylic acids is 2. The van der Waals surface area contributed by atoms with Crippen LogP contribution >= 0.6 is 0 Å². The Kier molecular flexibility index (Phi) is 4.05. The second kappa shape index (κ2) is 5.30. The standard InChI is InChI=1S/C12H15NO3/c1-8(2)11(14)7-16-10-5-3-4-9(6-10)12(13)15/h3-6,8H,7H2,1-2H3,(H2,13,15). The van der Waals surface area contributed by atoms with Gasteiger partial charge in [-0.3, -0.25) is 9.59 Å². The summed E-state index contributed by atoms with van der Waals surface area (Å²) in [5, 5.41) is 0. The fourth-order valence-electron chi connectivity index (χ4n) is 1.06. The average Bonchev–Trinajstić information content (AvgIpc) is 2.26. The Morgan fingerprint density at radius 2 is 2.06 bits per heavy atom. The van der Waals surface area contributed by atoms with E-state index >= 15 is 0 Å². The molecule has 0 bridgehead atoms. The molecule has 1 aromatic rings. The first-order valence-electron chi connectivity index (χ1n) is 5.06. The van der Waals surface area contributed by atoms with Gasteiger partial charge in [-0.25, -0.2) is 0 Å². The van der Waals surface area contributed by atoms with E-state index in [1.807, 2.05) is 13.8 Å². The number of hydrogen-bond donors (Lipinski definition) is 1. The molecule has 1 rings (SSSR count). The van der Waals surface area contributed by atoms with Crippen LogP contribution in [-0.4, -0.2) is 18.3 Å². The predicted octanol–water partition coefficient (Wildman–Crippen LogP) is 1.39. The van der Waals surface area contributed by atoms with Gasteiger partial charge in [0.05, 0.1) is 0 Å². The molecule has 4 heteroatoms. The van der Waals surface area contributed by atoms with Gasteiger partial charge in [0.1, 0.15) is 12.4 Å². The number of primary amides is 1. The first-order valence-corrected chi connectivity index (χ1v) is 5.06. The van der Waals surface area contributed by atoms with Crippen molar-refractivity contribution in [2.45, 2.75) is 13.8 Å². The van der Waals surface area contributed by atoms with Crippen LogP contribution in [-0.2, 0) is 4.79 Å². The summed E-state index contributed by atoms with van der Waals surface area (Å²) in [5.74, 6) is -0.0743. The number of Topliss-reactive ketones (excluding diaryl/α,β-unsaturated/α-hetero) is 1.